The number of carbonyl (C=O) groups is 1. The Morgan fingerprint density at radius 3 is 2.53 bits per heavy atom. The summed E-state index contributed by atoms with van der Waals surface area (Å²) >= 11 is 1.63. The predicted octanol–water partition coefficient (Wildman–Crippen LogP) is 2.85. The first-order valence-corrected chi connectivity index (χ1v) is 7.65. The first-order chi connectivity index (χ1) is 9.01. The summed E-state index contributed by atoms with van der Waals surface area (Å²) in [5, 5.41) is 9.71. The average Bonchev–Trinajstić information content (AvgIpc) is 2.27. The number of esters is 1. The van der Waals surface area contributed by atoms with Crippen LogP contribution in [0.15, 0.2) is 18.2 Å². The number of rotatable bonds is 7. The molecule has 0 aliphatic heterocycles. The molecule has 4 heteroatoms. The lowest BCUT2D eigenvalue weighted by Crippen LogP contribution is -2.18. The summed E-state index contributed by atoms with van der Waals surface area (Å²) in [6, 6.07) is 6.44. The van der Waals surface area contributed by atoms with Gasteiger partial charge in [0.2, 0.25) is 0 Å². The molecule has 0 aliphatic rings. The van der Waals surface area contributed by atoms with Gasteiger partial charge in [-0.2, -0.15) is 11.8 Å². The lowest BCUT2D eigenvalue weighted by molar-refractivity contribution is -0.144. The molecule has 0 saturated carbocycles. The number of ether oxygens (including phenoxy) is 1. The van der Waals surface area contributed by atoms with Crippen molar-refractivity contribution >= 4 is 17.7 Å². The summed E-state index contributed by atoms with van der Waals surface area (Å²) in [7, 11) is 0. The molecule has 1 unspecified atom stereocenters. The minimum absolute atomic E-state index is 0.0771. The Hall–Kier alpha value is -1.00. The summed E-state index contributed by atoms with van der Waals surface area (Å²) in [6.07, 6.45) is -0.553. The van der Waals surface area contributed by atoms with Crippen LogP contribution in [-0.4, -0.2) is 29.5 Å². The van der Waals surface area contributed by atoms with Crippen LogP contribution in [0.2, 0.25) is 0 Å². The van der Waals surface area contributed by atoms with Gasteiger partial charge in [0.1, 0.15) is 0 Å². The molecule has 19 heavy (non-hydrogen) atoms. The van der Waals surface area contributed by atoms with Crippen LogP contribution in [0.4, 0.5) is 0 Å². The molecule has 3 nitrogen and oxygen atoms in total. The summed E-state index contributed by atoms with van der Waals surface area (Å²) in [6.45, 7) is 6.29. The van der Waals surface area contributed by atoms with E-state index in [1.807, 2.05) is 0 Å². The summed E-state index contributed by atoms with van der Waals surface area (Å²) in [4.78, 5) is 11.2. The zero-order valence-corrected chi connectivity index (χ0v) is 12.6. The molecular weight excluding hydrogens is 260 g/mol. The number of aliphatic hydroxyl groups is 1. The van der Waals surface area contributed by atoms with Crippen LogP contribution in [-0.2, 0) is 15.3 Å². The van der Waals surface area contributed by atoms with E-state index in [0.29, 0.717) is 12.4 Å². The van der Waals surface area contributed by atoms with Crippen LogP contribution in [0, 0.1) is 13.8 Å². The van der Waals surface area contributed by atoms with Crippen molar-refractivity contribution in [2.75, 3.05) is 12.4 Å². The third kappa shape index (κ3) is 6.64. The number of hydrogen-bond donors (Lipinski definition) is 1. The van der Waals surface area contributed by atoms with Gasteiger partial charge in [-0.1, -0.05) is 29.3 Å². The first kappa shape index (κ1) is 16.1. The molecule has 0 aliphatic carbocycles. The van der Waals surface area contributed by atoms with Crippen LogP contribution < -0.4 is 0 Å². The van der Waals surface area contributed by atoms with Crippen molar-refractivity contribution in [3.8, 4) is 0 Å². The molecule has 1 aromatic carbocycles. The molecule has 0 radical (unpaired) electrons. The summed E-state index contributed by atoms with van der Waals surface area (Å²) in [5.41, 5.74) is 3.76. The van der Waals surface area contributed by atoms with Crippen molar-refractivity contribution < 1.29 is 14.6 Å². The van der Waals surface area contributed by atoms with Gasteiger partial charge in [-0.05, 0) is 26.3 Å². The topological polar surface area (TPSA) is 46.5 Å². The fraction of sp³-hybridized carbons (Fsp3) is 0.533. The van der Waals surface area contributed by atoms with E-state index in [-0.39, 0.29) is 12.4 Å². The second-order valence-electron chi connectivity index (χ2n) is 4.67. The van der Waals surface area contributed by atoms with Crippen LogP contribution in [0.5, 0.6) is 0 Å². The Morgan fingerprint density at radius 2 is 1.95 bits per heavy atom. The van der Waals surface area contributed by atoms with Gasteiger partial charge < -0.3 is 9.84 Å². The maximum atomic E-state index is 11.2. The van der Waals surface area contributed by atoms with E-state index in [4.69, 9.17) is 4.74 Å². The minimum Gasteiger partial charge on any atom is -0.466 e. The number of aryl methyl sites for hydroxylation is 2. The Balaban J connectivity index is 2.31. The normalized spacial score (nSPS) is 12.2. The second kappa shape index (κ2) is 8.23. The molecule has 1 atom stereocenters. The summed E-state index contributed by atoms with van der Waals surface area (Å²) in [5.74, 6) is 1.07. The zero-order chi connectivity index (χ0) is 14.3. The van der Waals surface area contributed by atoms with E-state index in [1.165, 1.54) is 16.7 Å². The molecule has 1 rings (SSSR count). The summed E-state index contributed by atoms with van der Waals surface area (Å²) < 4.78 is 4.80. The highest BCUT2D eigenvalue weighted by Crippen LogP contribution is 2.17. The second-order valence-corrected chi connectivity index (χ2v) is 5.70. The standard InChI is InChI=1S/C15H22O3S/c1-4-18-15(17)8-14(16)10-19-9-13-6-11(2)5-12(3)7-13/h5-7,14,16H,4,8-10H2,1-3H3. The molecule has 0 fully saturated rings. The van der Waals surface area contributed by atoms with Crippen LogP contribution in [0.3, 0.4) is 0 Å². The highest BCUT2D eigenvalue weighted by Gasteiger charge is 2.11. The number of benzene rings is 1. The fourth-order valence-corrected chi connectivity index (χ4v) is 2.85. The number of hydrogen-bond acceptors (Lipinski definition) is 4. The van der Waals surface area contributed by atoms with E-state index < -0.39 is 6.10 Å². The maximum Gasteiger partial charge on any atom is 0.308 e. The van der Waals surface area contributed by atoms with Gasteiger partial charge in [0.05, 0.1) is 19.1 Å². The molecule has 0 aromatic heterocycles. The van der Waals surface area contributed by atoms with Gasteiger partial charge in [0.15, 0.2) is 0 Å². The maximum absolute atomic E-state index is 11.2. The lowest BCUT2D eigenvalue weighted by Gasteiger charge is -2.10. The zero-order valence-electron chi connectivity index (χ0n) is 11.8. The number of thioether (sulfide) groups is 1. The predicted molar refractivity (Wildman–Crippen MR) is 79.3 cm³/mol. The van der Waals surface area contributed by atoms with Crippen LogP contribution >= 0.6 is 11.8 Å². The smallest absolute Gasteiger partial charge is 0.308 e. The Labute approximate surface area is 119 Å². The van der Waals surface area contributed by atoms with Crippen molar-refractivity contribution in [1.82, 2.24) is 0 Å². The minimum atomic E-state index is -0.630. The van der Waals surface area contributed by atoms with Gasteiger partial charge in [-0.15, -0.1) is 0 Å². The average molecular weight is 282 g/mol. The number of aliphatic hydroxyl groups excluding tert-OH is 1. The fourth-order valence-electron chi connectivity index (χ4n) is 1.94. The van der Waals surface area contributed by atoms with E-state index in [0.717, 1.165) is 5.75 Å². The quantitative estimate of drug-likeness (QED) is 0.781. The molecule has 0 amide bonds. The van der Waals surface area contributed by atoms with Gasteiger partial charge in [-0.3, -0.25) is 4.79 Å². The Bertz CT molecular complexity index is 398. The molecule has 0 spiro atoms. The van der Waals surface area contributed by atoms with E-state index >= 15 is 0 Å². The van der Waals surface area contributed by atoms with Crippen LogP contribution in [0.1, 0.15) is 30.0 Å². The largest absolute Gasteiger partial charge is 0.466 e. The van der Waals surface area contributed by atoms with Gasteiger partial charge in [0.25, 0.3) is 0 Å². The van der Waals surface area contributed by atoms with Gasteiger partial charge in [0, 0.05) is 11.5 Å². The molecule has 0 saturated heterocycles. The SMILES string of the molecule is CCOC(=O)CC(O)CSCc1cc(C)cc(C)c1. The third-order valence-electron chi connectivity index (χ3n) is 2.57. The lowest BCUT2D eigenvalue weighted by atomic mass is 10.1. The monoisotopic (exact) mass is 282 g/mol. The Kier molecular flexibility index (Phi) is 6.95. The number of carbonyl (C=O) groups excluding carboxylic acids is 1. The Morgan fingerprint density at radius 1 is 1.32 bits per heavy atom. The van der Waals surface area contributed by atoms with Crippen molar-refractivity contribution in [2.45, 2.75) is 39.0 Å². The molecule has 0 heterocycles. The molecular formula is C15H22O3S. The molecule has 1 N–H and O–H groups in total. The van der Waals surface area contributed by atoms with E-state index in [1.54, 1.807) is 18.7 Å². The molecule has 1 aromatic rings. The van der Waals surface area contributed by atoms with Crippen molar-refractivity contribution in [3.63, 3.8) is 0 Å². The van der Waals surface area contributed by atoms with Crippen molar-refractivity contribution in [2.24, 2.45) is 0 Å². The van der Waals surface area contributed by atoms with Crippen LogP contribution in [0.25, 0.3) is 0 Å². The molecule has 0 bridgehead atoms. The van der Waals surface area contributed by atoms with E-state index in [9.17, 15) is 9.90 Å². The highest BCUT2D eigenvalue weighted by molar-refractivity contribution is 7.98. The highest BCUT2D eigenvalue weighted by atomic mass is 32.2. The van der Waals surface area contributed by atoms with Crippen molar-refractivity contribution in [1.29, 1.82) is 0 Å². The first-order valence-electron chi connectivity index (χ1n) is 6.50. The van der Waals surface area contributed by atoms with Gasteiger partial charge >= 0.3 is 5.97 Å². The third-order valence-corrected chi connectivity index (χ3v) is 3.73. The van der Waals surface area contributed by atoms with E-state index in [2.05, 4.69) is 32.0 Å². The van der Waals surface area contributed by atoms with Gasteiger partial charge in [-0.25, -0.2) is 0 Å². The molecule has 106 valence electrons. The van der Waals surface area contributed by atoms with Crippen molar-refractivity contribution in [3.05, 3.63) is 34.9 Å².